The maximum absolute atomic E-state index is 12.0. The van der Waals surface area contributed by atoms with Crippen LogP contribution in [0.1, 0.15) is 86.6 Å². The van der Waals surface area contributed by atoms with E-state index in [0.717, 1.165) is 40.9 Å². The number of hydrogen-bond acceptors (Lipinski definition) is 5. The molecule has 2 aromatic heterocycles. The van der Waals surface area contributed by atoms with Crippen molar-refractivity contribution in [3.63, 3.8) is 0 Å². The van der Waals surface area contributed by atoms with Crippen LogP contribution in [-0.4, -0.2) is 41.3 Å². The summed E-state index contributed by atoms with van der Waals surface area (Å²) in [5.74, 6) is 0.193. The molecular weight excluding hydrogens is 500 g/mol. The summed E-state index contributed by atoms with van der Waals surface area (Å²) in [6, 6.07) is 15.9. The molecule has 4 rings (SSSR count). The van der Waals surface area contributed by atoms with Crippen LogP contribution in [0, 0.1) is 0 Å². The second-order valence-electron chi connectivity index (χ2n) is 9.62. The SMILES string of the molecule is CCCCCCCCCCCc1nc(Cl)c(C(=O)O)n1Cc1ccc(-c2ccccc2-c2nn[nH]n2)cc1. The maximum Gasteiger partial charge on any atom is 0.355 e. The minimum Gasteiger partial charge on any atom is -0.476 e. The van der Waals surface area contributed by atoms with Gasteiger partial charge in [-0.3, -0.25) is 0 Å². The number of aromatic carboxylic acids is 1. The van der Waals surface area contributed by atoms with E-state index in [4.69, 9.17) is 11.6 Å². The van der Waals surface area contributed by atoms with Gasteiger partial charge in [0, 0.05) is 18.5 Å². The zero-order valence-corrected chi connectivity index (χ0v) is 22.6. The van der Waals surface area contributed by atoms with Gasteiger partial charge in [-0.15, -0.1) is 10.2 Å². The lowest BCUT2D eigenvalue weighted by Gasteiger charge is -2.12. The first kappa shape index (κ1) is 27.5. The predicted molar refractivity (Wildman–Crippen MR) is 149 cm³/mol. The highest BCUT2D eigenvalue weighted by Crippen LogP contribution is 2.30. The van der Waals surface area contributed by atoms with Gasteiger partial charge < -0.3 is 9.67 Å². The van der Waals surface area contributed by atoms with Crippen LogP contribution in [0.15, 0.2) is 48.5 Å². The fraction of sp³-hybridized carbons (Fsp3) is 0.414. The van der Waals surface area contributed by atoms with E-state index in [-0.39, 0.29) is 10.8 Å². The van der Waals surface area contributed by atoms with Crippen molar-refractivity contribution >= 4 is 17.6 Å². The molecular formula is C29H35ClN6O2. The van der Waals surface area contributed by atoms with Crippen LogP contribution in [0.4, 0.5) is 0 Å². The van der Waals surface area contributed by atoms with Crippen LogP contribution in [-0.2, 0) is 13.0 Å². The molecule has 38 heavy (non-hydrogen) atoms. The lowest BCUT2D eigenvalue weighted by molar-refractivity contribution is 0.0685. The highest BCUT2D eigenvalue weighted by Gasteiger charge is 2.21. The van der Waals surface area contributed by atoms with E-state index >= 15 is 0 Å². The molecule has 8 nitrogen and oxygen atoms in total. The van der Waals surface area contributed by atoms with Crippen LogP contribution in [0.2, 0.25) is 5.15 Å². The standard InChI is InChI=1S/C29H35ClN6O2/c1-2-3-4-5-6-7-8-9-10-15-25-31-27(30)26(29(37)38)36(25)20-21-16-18-22(19-17-21)23-13-11-12-14-24(23)28-32-34-35-33-28/h11-14,16-19H,2-10,15,20H2,1H3,(H,37,38)(H,32,33,34,35). The van der Waals surface area contributed by atoms with Crippen molar-refractivity contribution in [1.82, 2.24) is 30.2 Å². The number of nitrogens with one attached hydrogen (secondary N) is 1. The molecule has 0 aliphatic carbocycles. The maximum atomic E-state index is 12.0. The summed E-state index contributed by atoms with van der Waals surface area (Å²) < 4.78 is 1.75. The molecule has 0 radical (unpaired) electrons. The van der Waals surface area contributed by atoms with E-state index in [0.29, 0.717) is 18.8 Å². The van der Waals surface area contributed by atoms with E-state index in [1.807, 2.05) is 48.5 Å². The van der Waals surface area contributed by atoms with E-state index in [2.05, 4.69) is 32.5 Å². The molecule has 2 aromatic carbocycles. The number of carbonyl (C=O) groups is 1. The van der Waals surface area contributed by atoms with Crippen LogP contribution in [0.3, 0.4) is 0 Å². The van der Waals surface area contributed by atoms with Gasteiger partial charge in [0.25, 0.3) is 0 Å². The normalized spacial score (nSPS) is 11.2. The van der Waals surface area contributed by atoms with E-state index in [9.17, 15) is 9.90 Å². The van der Waals surface area contributed by atoms with E-state index in [1.54, 1.807) is 4.57 Å². The highest BCUT2D eigenvalue weighted by atomic mass is 35.5. The topological polar surface area (TPSA) is 110 Å². The number of aryl methyl sites for hydroxylation is 1. The highest BCUT2D eigenvalue weighted by molar-refractivity contribution is 6.32. The minimum absolute atomic E-state index is 0.0455. The Kier molecular flexibility index (Phi) is 10.0. The number of carboxylic acid groups (broad SMARTS) is 1. The van der Waals surface area contributed by atoms with Gasteiger partial charge in [0.1, 0.15) is 5.82 Å². The number of hydrogen-bond donors (Lipinski definition) is 2. The Bertz CT molecular complexity index is 1300. The molecule has 0 atom stereocenters. The fourth-order valence-corrected chi connectivity index (χ4v) is 5.08. The molecule has 0 fully saturated rings. The van der Waals surface area contributed by atoms with Crippen molar-refractivity contribution in [3.8, 4) is 22.5 Å². The Morgan fingerprint density at radius 3 is 2.21 bits per heavy atom. The van der Waals surface area contributed by atoms with Crippen LogP contribution < -0.4 is 0 Å². The molecule has 0 unspecified atom stereocenters. The van der Waals surface area contributed by atoms with E-state index in [1.165, 1.54) is 44.9 Å². The van der Waals surface area contributed by atoms with Crippen molar-refractivity contribution in [2.24, 2.45) is 0 Å². The Morgan fingerprint density at radius 1 is 0.921 bits per heavy atom. The Morgan fingerprint density at radius 2 is 1.58 bits per heavy atom. The average molecular weight is 535 g/mol. The fourth-order valence-electron chi connectivity index (χ4n) is 4.80. The smallest absolute Gasteiger partial charge is 0.355 e. The Hall–Kier alpha value is -3.52. The van der Waals surface area contributed by atoms with Gasteiger partial charge >= 0.3 is 5.97 Å². The quantitative estimate of drug-likeness (QED) is 0.156. The number of imidazole rings is 1. The molecule has 9 heteroatoms. The molecule has 2 N–H and O–H groups in total. The second kappa shape index (κ2) is 13.9. The molecule has 0 bridgehead atoms. The molecule has 0 aliphatic rings. The summed E-state index contributed by atoms with van der Waals surface area (Å²) in [6.07, 6.45) is 11.8. The van der Waals surface area contributed by atoms with Crippen LogP contribution in [0.5, 0.6) is 0 Å². The molecule has 0 aliphatic heterocycles. The number of halogens is 1. The van der Waals surface area contributed by atoms with E-state index < -0.39 is 5.97 Å². The van der Waals surface area contributed by atoms with Gasteiger partial charge in [-0.1, -0.05) is 118 Å². The first-order chi connectivity index (χ1) is 18.6. The van der Waals surface area contributed by atoms with Crippen molar-refractivity contribution in [2.45, 2.75) is 77.7 Å². The van der Waals surface area contributed by atoms with Gasteiger partial charge in [0.05, 0.1) is 0 Å². The van der Waals surface area contributed by atoms with Gasteiger partial charge in [-0.2, -0.15) is 5.21 Å². The number of aromatic nitrogens is 6. The molecule has 2 heterocycles. The number of rotatable bonds is 15. The zero-order valence-electron chi connectivity index (χ0n) is 21.9. The monoisotopic (exact) mass is 534 g/mol. The van der Waals surface area contributed by atoms with Crippen LogP contribution in [0.25, 0.3) is 22.5 Å². The number of unbranched alkanes of at least 4 members (excludes halogenated alkanes) is 8. The largest absolute Gasteiger partial charge is 0.476 e. The predicted octanol–water partition coefficient (Wildman–Crippen LogP) is 7.20. The van der Waals surface area contributed by atoms with Gasteiger partial charge in [-0.05, 0) is 28.3 Å². The number of tetrazole rings is 1. The minimum atomic E-state index is -1.06. The first-order valence-corrected chi connectivity index (χ1v) is 13.9. The van der Waals surface area contributed by atoms with Crippen molar-refractivity contribution in [1.29, 1.82) is 0 Å². The van der Waals surface area contributed by atoms with Gasteiger partial charge in [0.2, 0.25) is 5.82 Å². The summed E-state index contributed by atoms with van der Waals surface area (Å²) in [6.45, 7) is 2.63. The summed E-state index contributed by atoms with van der Waals surface area (Å²) in [7, 11) is 0. The molecule has 4 aromatic rings. The summed E-state index contributed by atoms with van der Waals surface area (Å²) in [4.78, 5) is 16.4. The number of H-pyrrole nitrogens is 1. The average Bonchev–Trinajstić information content (AvgIpc) is 3.56. The summed E-state index contributed by atoms with van der Waals surface area (Å²) >= 11 is 6.27. The third kappa shape index (κ3) is 7.07. The molecule has 0 spiro atoms. The third-order valence-corrected chi connectivity index (χ3v) is 7.09. The van der Waals surface area contributed by atoms with Gasteiger partial charge in [0.15, 0.2) is 10.8 Å². The summed E-state index contributed by atoms with van der Waals surface area (Å²) in [5, 5.41) is 24.3. The molecule has 0 saturated carbocycles. The van der Waals surface area contributed by atoms with Crippen molar-refractivity contribution in [3.05, 3.63) is 70.8 Å². The number of carboxylic acids is 1. The Balaban J connectivity index is 1.43. The second-order valence-corrected chi connectivity index (χ2v) is 9.97. The molecule has 200 valence electrons. The lowest BCUT2D eigenvalue weighted by atomic mass is 9.98. The van der Waals surface area contributed by atoms with Crippen molar-refractivity contribution in [2.75, 3.05) is 0 Å². The van der Waals surface area contributed by atoms with Crippen LogP contribution >= 0.6 is 11.6 Å². The number of aromatic amines is 1. The molecule has 0 saturated heterocycles. The first-order valence-electron chi connectivity index (χ1n) is 13.5. The van der Waals surface area contributed by atoms with Crippen molar-refractivity contribution < 1.29 is 9.90 Å². The summed E-state index contributed by atoms with van der Waals surface area (Å²) in [5.41, 5.74) is 3.89. The number of benzene rings is 2. The Labute approximate surface area is 228 Å². The lowest BCUT2D eigenvalue weighted by Crippen LogP contribution is -2.13. The number of nitrogens with zero attached hydrogens (tertiary/aromatic N) is 5. The zero-order chi connectivity index (χ0) is 26.7. The third-order valence-electron chi connectivity index (χ3n) is 6.83. The van der Waals surface area contributed by atoms with Gasteiger partial charge in [-0.25, -0.2) is 9.78 Å². The molecule has 0 amide bonds.